The van der Waals surface area contributed by atoms with Crippen LogP contribution >= 0.6 is 11.8 Å². The predicted octanol–water partition coefficient (Wildman–Crippen LogP) is 1.57. The molecule has 1 fully saturated rings. The van der Waals surface area contributed by atoms with Gasteiger partial charge >= 0.3 is 0 Å². The molecule has 0 aromatic rings. The summed E-state index contributed by atoms with van der Waals surface area (Å²) in [5, 5.41) is 11.7. The Bertz CT molecular complexity index is 373. The zero-order valence-electron chi connectivity index (χ0n) is 11.4. The van der Waals surface area contributed by atoms with Crippen molar-refractivity contribution >= 4 is 17.7 Å². The first-order valence-corrected chi connectivity index (χ1v) is 7.64. The summed E-state index contributed by atoms with van der Waals surface area (Å²) >= 11 is 1.56. The third-order valence-corrected chi connectivity index (χ3v) is 4.13. The Morgan fingerprint density at radius 2 is 2.16 bits per heavy atom. The molecule has 0 saturated carbocycles. The van der Waals surface area contributed by atoms with Gasteiger partial charge in [0.2, 0.25) is 0 Å². The van der Waals surface area contributed by atoms with Gasteiger partial charge in [0.15, 0.2) is 0 Å². The minimum atomic E-state index is -0.837. The number of carbonyl (C=O) groups excluding carboxylic acids is 1. The molecule has 0 radical (unpaired) electrons. The van der Waals surface area contributed by atoms with E-state index in [4.69, 9.17) is 0 Å². The van der Waals surface area contributed by atoms with Crippen molar-refractivity contribution in [1.29, 1.82) is 0 Å². The highest BCUT2D eigenvalue weighted by molar-refractivity contribution is 8.02. The normalized spacial score (nSPS) is 21.8. The lowest BCUT2D eigenvalue weighted by Gasteiger charge is -2.33. The Hall–Kier alpha value is -0.750. The fourth-order valence-corrected chi connectivity index (χ4v) is 3.24. The topological polar surface area (TPSA) is 43.8 Å². The molecule has 2 heterocycles. The first kappa shape index (κ1) is 14.7. The lowest BCUT2D eigenvalue weighted by Crippen LogP contribution is -2.45. The van der Waals surface area contributed by atoms with E-state index in [-0.39, 0.29) is 5.91 Å². The molecule has 4 nitrogen and oxygen atoms in total. The maximum Gasteiger partial charge on any atom is 0.270 e. The van der Waals surface area contributed by atoms with Crippen LogP contribution in [0, 0.1) is 0 Å². The molecule has 1 N–H and O–H groups in total. The second-order valence-corrected chi connectivity index (χ2v) is 6.60. The number of likely N-dealkylation sites (tertiary alicyclic amines) is 1. The summed E-state index contributed by atoms with van der Waals surface area (Å²) in [6.45, 7) is 4.85. The van der Waals surface area contributed by atoms with Gasteiger partial charge in [-0.05, 0) is 26.7 Å². The number of nitrogens with zero attached hydrogens (tertiary/aromatic N) is 2. The number of rotatable bonds is 3. The van der Waals surface area contributed by atoms with Gasteiger partial charge in [-0.15, -0.1) is 11.8 Å². The second-order valence-electron chi connectivity index (χ2n) is 5.78. The number of β-amino-alcohol motifs (C(OH)–C–C–N with tert-alkyl or cyclic N) is 1. The number of amides is 1. The average Bonchev–Trinajstić information content (AvgIpc) is 2.75. The van der Waals surface area contributed by atoms with E-state index in [2.05, 4.69) is 0 Å². The predicted molar refractivity (Wildman–Crippen MR) is 74.3 cm³/mol. The van der Waals surface area contributed by atoms with Crippen LogP contribution in [0.15, 0.2) is 11.1 Å². The number of hydrogen-bond acceptors (Lipinski definition) is 4. The number of halogens is 1. The van der Waals surface area contributed by atoms with Gasteiger partial charge in [-0.25, -0.2) is 4.39 Å². The molecule has 0 aromatic heterocycles. The van der Waals surface area contributed by atoms with Crippen LogP contribution in [0.3, 0.4) is 0 Å². The first-order valence-electron chi connectivity index (χ1n) is 6.59. The van der Waals surface area contributed by atoms with Crippen LogP contribution in [0.4, 0.5) is 4.39 Å². The van der Waals surface area contributed by atoms with Crippen LogP contribution in [-0.4, -0.2) is 58.1 Å². The van der Waals surface area contributed by atoms with Crippen LogP contribution in [0.1, 0.15) is 26.7 Å². The van der Waals surface area contributed by atoms with Gasteiger partial charge in [0.05, 0.1) is 11.5 Å². The van der Waals surface area contributed by atoms with Crippen molar-refractivity contribution in [2.75, 3.05) is 25.5 Å². The summed E-state index contributed by atoms with van der Waals surface area (Å²) in [4.78, 5) is 16.0. The zero-order chi connectivity index (χ0) is 14.0. The Morgan fingerprint density at radius 1 is 1.53 bits per heavy atom. The van der Waals surface area contributed by atoms with E-state index >= 15 is 0 Å². The van der Waals surface area contributed by atoms with Gasteiger partial charge in [0.1, 0.15) is 11.9 Å². The van der Waals surface area contributed by atoms with E-state index in [9.17, 15) is 14.3 Å². The smallest absolute Gasteiger partial charge is 0.270 e. The Kier molecular flexibility index (Phi) is 4.40. The molecule has 2 rings (SSSR count). The van der Waals surface area contributed by atoms with E-state index in [0.717, 1.165) is 0 Å². The van der Waals surface area contributed by atoms with Gasteiger partial charge in [0.25, 0.3) is 5.91 Å². The highest BCUT2D eigenvalue weighted by Gasteiger charge is 2.31. The molecule has 2 aliphatic heterocycles. The molecule has 19 heavy (non-hydrogen) atoms. The van der Waals surface area contributed by atoms with Crippen molar-refractivity contribution in [3.05, 3.63) is 11.1 Å². The molecule has 0 atom stereocenters. The summed E-state index contributed by atoms with van der Waals surface area (Å²) in [6.07, 6.45) is 0.0819. The van der Waals surface area contributed by atoms with Crippen molar-refractivity contribution < 1.29 is 14.3 Å². The summed E-state index contributed by atoms with van der Waals surface area (Å²) in [5.41, 5.74) is -0.208. The van der Waals surface area contributed by atoms with Crippen molar-refractivity contribution in [3.8, 4) is 0 Å². The summed E-state index contributed by atoms with van der Waals surface area (Å²) in [7, 11) is 0. The van der Waals surface area contributed by atoms with Crippen molar-refractivity contribution in [2.24, 2.45) is 0 Å². The SMILES string of the molecule is CC(C)(O)CN1CSC=C1C(=O)N1CCC(F)CC1. The van der Waals surface area contributed by atoms with Gasteiger partial charge in [0, 0.05) is 25.0 Å². The lowest BCUT2D eigenvalue weighted by atomic mass is 10.1. The van der Waals surface area contributed by atoms with E-state index in [1.54, 1.807) is 30.5 Å². The van der Waals surface area contributed by atoms with Gasteiger partial charge in [-0.3, -0.25) is 4.79 Å². The molecule has 0 aromatic carbocycles. The van der Waals surface area contributed by atoms with Crippen LogP contribution in [0.5, 0.6) is 0 Å². The first-order chi connectivity index (χ1) is 8.87. The minimum Gasteiger partial charge on any atom is -0.389 e. The molecule has 0 spiro atoms. The third kappa shape index (κ3) is 3.86. The molecule has 0 unspecified atom stereocenters. The van der Waals surface area contributed by atoms with Crippen LogP contribution in [-0.2, 0) is 4.79 Å². The number of carbonyl (C=O) groups is 1. The van der Waals surface area contributed by atoms with Crippen molar-refractivity contribution in [1.82, 2.24) is 9.80 Å². The summed E-state index contributed by atoms with van der Waals surface area (Å²) in [5.74, 6) is 0.645. The highest BCUT2D eigenvalue weighted by Crippen LogP contribution is 2.27. The van der Waals surface area contributed by atoms with Crippen LogP contribution in [0.2, 0.25) is 0 Å². The number of aliphatic hydroxyl groups is 1. The molecular formula is C13H21FN2O2S. The molecule has 0 bridgehead atoms. The quantitative estimate of drug-likeness (QED) is 0.856. The van der Waals surface area contributed by atoms with E-state index in [1.807, 2.05) is 10.3 Å². The fraction of sp³-hybridized carbons (Fsp3) is 0.769. The Morgan fingerprint density at radius 3 is 2.74 bits per heavy atom. The molecular weight excluding hydrogens is 267 g/mol. The van der Waals surface area contributed by atoms with E-state index < -0.39 is 11.8 Å². The van der Waals surface area contributed by atoms with E-state index in [1.165, 1.54) is 0 Å². The highest BCUT2D eigenvalue weighted by atomic mass is 32.2. The maximum absolute atomic E-state index is 13.1. The van der Waals surface area contributed by atoms with Gasteiger partial charge < -0.3 is 14.9 Å². The fourth-order valence-electron chi connectivity index (χ4n) is 2.35. The number of thioether (sulfide) groups is 1. The molecule has 2 aliphatic rings. The largest absolute Gasteiger partial charge is 0.389 e. The summed E-state index contributed by atoms with van der Waals surface area (Å²) in [6, 6.07) is 0. The van der Waals surface area contributed by atoms with Gasteiger partial charge in [-0.1, -0.05) is 0 Å². The van der Waals surface area contributed by atoms with Crippen molar-refractivity contribution in [2.45, 2.75) is 38.5 Å². The summed E-state index contributed by atoms with van der Waals surface area (Å²) < 4.78 is 13.1. The molecule has 108 valence electrons. The van der Waals surface area contributed by atoms with Crippen LogP contribution in [0.25, 0.3) is 0 Å². The molecule has 1 amide bonds. The average molecular weight is 288 g/mol. The molecule has 6 heteroatoms. The standard InChI is InChI=1S/C13H21FN2O2S/c1-13(2,18)8-16-9-19-7-11(16)12(17)15-5-3-10(14)4-6-15/h7,10,18H,3-6,8-9H2,1-2H3. The molecule has 0 aliphatic carbocycles. The number of piperidine rings is 1. The number of alkyl halides is 1. The number of hydrogen-bond donors (Lipinski definition) is 1. The molecule has 1 saturated heterocycles. The van der Waals surface area contributed by atoms with E-state index in [0.29, 0.717) is 44.0 Å². The second kappa shape index (κ2) is 5.71. The Balaban J connectivity index is 1.98. The minimum absolute atomic E-state index is 0.0406. The third-order valence-electron chi connectivity index (χ3n) is 3.27. The Labute approximate surface area is 117 Å². The zero-order valence-corrected chi connectivity index (χ0v) is 12.2. The van der Waals surface area contributed by atoms with Crippen molar-refractivity contribution in [3.63, 3.8) is 0 Å². The monoisotopic (exact) mass is 288 g/mol. The lowest BCUT2D eigenvalue weighted by molar-refractivity contribution is -0.130. The van der Waals surface area contributed by atoms with Gasteiger partial charge in [-0.2, -0.15) is 0 Å². The maximum atomic E-state index is 13.1. The van der Waals surface area contributed by atoms with Crippen LogP contribution < -0.4 is 0 Å².